The van der Waals surface area contributed by atoms with Gasteiger partial charge < -0.3 is 9.73 Å². The Labute approximate surface area is 143 Å². The minimum absolute atomic E-state index is 0.545. The van der Waals surface area contributed by atoms with Gasteiger partial charge in [-0.25, -0.2) is 9.97 Å². The summed E-state index contributed by atoms with van der Waals surface area (Å²) in [5, 5.41) is 4.84. The first-order valence-corrected chi connectivity index (χ1v) is 7.77. The van der Waals surface area contributed by atoms with Gasteiger partial charge in [-0.3, -0.25) is 4.98 Å². The lowest BCUT2D eigenvalue weighted by atomic mass is 10.1. The molecule has 6 heteroatoms. The number of hydrogen-bond acceptors (Lipinski definition) is 5. The maximum absolute atomic E-state index is 5.97. The molecule has 5 nitrogen and oxygen atoms in total. The number of benzene rings is 1. The lowest BCUT2D eigenvalue weighted by Crippen LogP contribution is -1.95. The van der Waals surface area contributed by atoms with Crippen molar-refractivity contribution in [3.63, 3.8) is 0 Å². The minimum atomic E-state index is 0.545. The monoisotopic (exact) mass is 336 g/mol. The number of rotatable bonds is 3. The molecule has 24 heavy (non-hydrogen) atoms. The Morgan fingerprint density at radius 2 is 1.75 bits per heavy atom. The van der Waals surface area contributed by atoms with Gasteiger partial charge in [-0.2, -0.15) is 0 Å². The molecule has 0 saturated carbocycles. The quantitative estimate of drug-likeness (QED) is 0.571. The zero-order valence-electron chi connectivity index (χ0n) is 12.8. The Balaban J connectivity index is 1.84. The fourth-order valence-electron chi connectivity index (χ4n) is 2.62. The van der Waals surface area contributed by atoms with Gasteiger partial charge in [-0.05, 0) is 43.3 Å². The maximum Gasteiger partial charge on any atom is 0.232 e. The van der Waals surface area contributed by atoms with Crippen LogP contribution < -0.4 is 5.32 Å². The zero-order chi connectivity index (χ0) is 16.5. The molecule has 0 spiro atoms. The summed E-state index contributed by atoms with van der Waals surface area (Å²) in [5.74, 6) is 1.47. The second-order valence-electron chi connectivity index (χ2n) is 5.33. The summed E-state index contributed by atoms with van der Waals surface area (Å²) < 4.78 is 5.96. The summed E-state index contributed by atoms with van der Waals surface area (Å²) in [4.78, 5) is 12.6. The number of anilines is 2. The fourth-order valence-corrected chi connectivity index (χ4v) is 2.74. The third-order valence-corrected chi connectivity index (χ3v) is 4.03. The molecule has 0 unspecified atom stereocenters. The van der Waals surface area contributed by atoms with Crippen LogP contribution in [0.4, 0.5) is 11.5 Å². The number of nitrogens with zero attached hydrogens (tertiary/aromatic N) is 3. The molecular formula is C18H13ClN4O. The molecule has 0 atom stereocenters. The van der Waals surface area contributed by atoms with E-state index in [9.17, 15) is 0 Å². The smallest absolute Gasteiger partial charge is 0.232 e. The first-order chi connectivity index (χ1) is 11.7. The minimum Gasteiger partial charge on any atom is -0.437 e. The largest absolute Gasteiger partial charge is 0.437 e. The van der Waals surface area contributed by atoms with Crippen LogP contribution in [0.15, 0.2) is 59.5 Å². The van der Waals surface area contributed by atoms with E-state index in [1.165, 1.54) is 6.33 Å². The number of fused-ring (bicyclic) bond motifs is 1. The molecule has 1 N–H and O–H groups in total. The fraction of sp³-hybridized carbons (Fsp3) is 0.0556. The number of aryl methyl sites for hydroxylation is 1. The Bertz CT molecular complexity index is 997. The average Bonchev–Trinajstić information content (AvgIpc) is 2.94. The van der Waals surface area contributed by atoms with Crippen LogP contribution in [0.5, 0.6) is 0 Å². The molecular weight excluding hydrogens is 324 g/mol. The number of nitrogens with one attached hydrogen (secondary N) is 1. The van der Waals surface area contributed by atoms with Crippen LogP contribution >= 0.6 is 11.6 Å². The highest BCUT2D eigenvalue weighted by Crippen LogP contribution is 2.36. The number of hydrogen-bond donors (Lipinski definition) is 1. The van der Waals surface area contributed by atoms with Crippen molar-refractivity contribution in [2.75, 3.05) is 5.32 Å². The molecule has 3 aromatic heterocycles. The molecule has 1 aromatic carbocycles. The molecule has 0 aliphatic heterocycles. The van der Waals surface area contributed by atoms with Crippen molar-refractivity contribution in [2.45, 2.75) is 6.92 Å². The predicted molar refractivity (Wildman–Crippen MR) is 94.5 cm³/mol. The molecule has 0 amide bonds. The highest BCUT2D eigenvalue weighted by atomic mass is 35.5. The molecule has 0 fully saturated rings. The number of aromatic nitrogens is 3. The van der Waals surface area contributed by atoms with E-state index in [-0.39, 0.29) is 0 Å². The summed E-state index contributed by atoms with van der Waals surface area (Å²) in [5.41, 5.74) is 3.37. The molecule has 0 aliphatic rings. The summed E-state index contributed by atoms with van der Waals surface area (Å²) in [7, 11) is 0. The van der Waals surface area contributed by atoms with Crippen molar-refractivity contribution in [1.29, 1.82) is 0 Å². The van der Waals surface area contributed by atoms with Gasteiger partial charge >= 0.3 is 0 Å². The Morgan fingerprint density at radius 3 is 2.50 bits per heavy atom. The van der Waals surface area contributed by atoms with Gasteiger partial charge in [-0.15, -0.1) is 0 Å². The number of halogens is 1. The first kappa shape index (κ1) is 14.7. The molecule has 3 heterocycles. The van der Waals surface area contributed by atoms with Crippen molar-refractivity contribution in [2.24, 2.45) is 0 Å². The van der Waals surface area contributed by atoms with Gasteiger partial charge in [0, 0.05) is 34.2 Å². The topological polar surface area (TPSA) is 63.8 Å². The van der Waals surface area contributed by atoms with Crippen molar-refractivity contribution < 1.29 is 4.42 Å². The highest BCUT2D eigenvalue weighted by Gasteiger charge is 2.17. The number of pyridine rings is 1. The lowest BCUT2D eigenvalue weighted by molar-refractivity contribution is 0.615. The molecule has 0 bridgehead atoms. The first-order valence-electron chi connectivity index (χ1n) is 7.39. The van der Waals surface area contributed by atoms with Crippen LogP contribution in [-0.4, -0.2) is 15.0 Å². The van der Waals surface area contributed by atoms with Crippen LogP contribution in [0.3, 0.4) is 0 Å². The Morgan fingerprint density at radius 1 is 1.00 bits per heavy atom. The van der Waals surface area contributed by atoms with E-state index < -0.39 is 0 Å². The second-order valence-corrected chi connectivity index (χ2v) is 5.76. The standard InChI is InChI=1S/C18H13ClN4O/c1-11-15-17(23-14-6-8-20-9-7-14)21-10-22-18(15)24-16(11)12-2-4-13(19)5-3-12/h2-10H,1H3,(H,20,21,22,23). The summed E-state index contributed by atoms with van der Waals surface area (Å²) >= 11 is 5.97. The van der Waals surface area contributed by atoms with E-state index >= 15 is 0 Å². The Hall–Kier alpha value is -2.92. The average molecular weight is 337 g/mol. The van der Waals surface area contributed by atoms with E-state index in [0.717, 1.165) is 28.0 Å². The van der Waals surface area contributed by atoms with Crippen LogP contribution in [-0.2, 0) is 0 Å². The van der Waals surface area contributed by atoms with Gasteiger partial charge in [0.25, 0.3) is 0 Å². The Kier molecular flexibility index (Phi) is 3.63. The van der Waals surface area contributed by atoms with Gasteiger partial charge in [0.2, 0.25) is 5.71 Å². The third kappa shape index (κ3) is 2.59. The highest BCUT2D eigenvalue weighted by molar-refractivity contribution is 6.30. The molecule has 4 aromatic rings. The van der Waals surface area contributed by atoms with Gasteiger partial charge in [0.15, 0.2) is 0 Å². The normalized spacial score (nSPS) is 10.9. The summed E-state index contributed by atoms with van der Waals surface area (Å²) in [6.07, 6.45) is 4.94. The number of furan rings is 1. The van der Waals surface area contributed by atoms with E-state index in [1.54, 1.807) is 12.4 Å². The predicted octanol–water partition coefficient (Wildman–Crippen LogP) is 4.99. The molecule has 0 aliphatic carbocycles. The summed E-state index contributed by atoms with van der Waals surface area (Å²) in [6.45, 7) is 2.00. The third-order valence-electron chi connectivity index (χ3n) is 3.78. The lowest BCUT2D eigenvalue weighted by Gasteiger charge is -2.05. The van der Waals surface area contributed by atoms with Crippen molar-refractivity contribution in [1.82, 2.24) is 15.0 Å². The molecule has 0 radical (unpaired) electrons. The maximum atomic E-state index is 5.97. The molecule has 4 rings (SSSR count). The van der Waals surface area contributed by atoms with Gasteiger partial charge in [-0.1, -0.05) is 11.6 Å². The van der Waals surface area contributed by atoms with Crippen molar-refractivity contribution in [3.05, 3.63) is 65.7 Å². The van der Waals surface area contributed by atoms with Gasteiger partial charge in [0.1, 0.15) is 17.9 Å². The molecule has 0 saturated heterocycles. The van der Waals surface area contributed by atoms with E-state index in [4.69, 9.17) is 16.0 Å². The van der Waals surface area contributed by atoms with Crippen LogP contribution in [0.1, 0.15) is 5.56 Å². The van der Waals surface area contributed by atoms with E-state index in [0.29, 0.717) is 16.6 Å². The van der Waals surface area contributed by atoms with Crippen molar-refractivity contribution in [3.8, 4) is 11.3 Å². The van der Waals surface area contributed by atoms with Crippen LogP contribution in [0.2, 0.25) is 5.02 Å². The zero-order valence-corrected chi connectivity index (χ0v) is 13.6. The van der Waals surface area contributed by atoms with Crippen LogP contribution in [0.25, 0.3) is 22.4 Å². The second kappa shape index (κ2) is 5.94. The van der Waals surface area contributed by atoms with E-state index in [2.05, 4.69) is 20.3 Å². The molecule has 118 valence electrons. The van der Waals surface area contributed by atoms with Crippen molar-refractivity contribution >= 4 is 34.2 Å². The SMILES string of the molecule is Cc1c(-c2ccc(Cl)cc2)oc2ncnc(Nc3ccncc3)c12. The van der Waals surface area contributed by atoms with Gasteiger partial charge in [0.05, 0.1) is 5.39 Å². The summed E-state index contributed by atoms with van der Waals surface area (Å²) in [6, 6.07) is 11.3. The van der Waals surface area contributed by atoms with Crippen LogP contribution in [0, 0.1) is 6.92 Å². The van der Waals surface area contributed by atoms with E-state index in [1.807, 2.05) is 43.3 Å².